The molecule has 0 unspecified atom stereocenters. The maximum Gasteiger partial charge on any atom is 0.207 e. The molecule has 1 fully saturated rings. The van der Waals surface area contributed by atoms with Gasteiger partial charge in [-0.25, -0.2) is 4.98 Å². The molecule has 3 heteroatoms. The van der Waals surface area contributed by atoms with Crippen LogP contribution in [0.2, 0.25) is 0 Å². The van der Waals surface area contributed by atoms with Gasteiger partial charge in [0.15, 0.2) is 0 Å². The zero-order valence-corrected chi connectivity index (χ0v) is 11.0. The Bertz CT molecular complexity index is 553. The van der Waals surface area contributed by atoms with Gasteiger partial charge in [-0.3, -0.25) is 4.57 Å². The van der Waals surface area contributed by atoms with Crippen LogP contribution in [-0.2, 0) is 6.42 Å². The summed E-state index contributed by atoms with van der Waals surface area (Å²) in [7, 11) is 0. The first-order valence-electron chi connectivity index (χ1n) is 6.68. The van der Waals surface area contributed by atoms with E-state index in [0.717, 1.165) is 18.1 Å². The molecule has 3 rings (SSSR count). The molecule has 0 spiro atoms. The Kier molecular flexibility index (Phi) is 2.82. The van der Waals surface area contributed by atoms with E-state index in [2.05, 4.69) is 52.3 Å². The van der Waals surface area contributed by atoms with Crippen LogP contribution in [0.1, 0.15) is 31.0 Å². The van der Waals surface area contributed by atoms with Gasteiger partial charge in [-0.2, -0.15) is 0 Å². The maximum absolute atomic E-state index is 4.59. The molecule has 0 radical (unpaired) electrons. The van der Waals surface area contributed by atoms with Crippen molar-refractivity contribution < 1.29 is 0 Å². The van der Waals surface area contributed by atoms with Crippen molar-refractivity contribution in [2.45, 2.75) is 39.2 Å². The molecule has 2 aromatic rings. The van der Waals surface area contributed by atoms with E-state index in [1.54, 1.807) is 0 Å². The molecular formula is C15H19N3. The van der Waals surface area contributed by atoms with Gasteiger partial charge >= 0.3 is 0 Å². The van der Waals surface area contributed by atoms with E-state index in [9.17, 15) is 0 Å². The molecule has 1 heterocycles. The predicted octanol–water partition coefficient (Wildman–Crippen LogP) is 3.32. The molecule has 1 aromatic heterocycles. The van der Waals surface area contributed by atoms with Crippen LogP contribution in [-0.4, -0.2) is 15.6 Å². The Morgan fingerprint density at radius 2 is 2.11 bits per heavy atom. The average molecular weight is 241 g/mol. The highest BCUT2D eigenvalue weighted by molar-refractivity contribution is 5.48. The zero-order chi connectivity index (χ0) is 12.5. The van der Waals surface area contributed by atoms with Crippen LogP contribution in [0.25, 0.3) is 5.69 Å². The van der Waals surface area contributed by atoms with Gasteiger partial charge in [-0.1, -0.05) is 25.1 Å². The number of anilines is 1. The van der Waals surface area contributed by atoms with Crippen LogP contribution in [0.3, 0.4) is 0 Å². The molecule has 0 saturated heterocycles. The van der Waals surface area contributed by atoms with Gasteiger partial charge < -0.3 is 5.32 Å². The summed E-state index contributed by atoms with van der Waals surface area (Å²) in [4.78, 5) is 4.59. The zero-order valence-electron chi connectivity index (χ0n) is 11.0. The minimum absolute atomic E-state index is 0.624. The molecule has 1 aromatic carbocycles. The number of aromatic nitrogens is 2. The Morgan fingerprint density at radius 1 is 1.33 bits per heavy atom. The molecule has 3 nitrogen and oxygen atoms in total. The van der Waals surface area contributed by atoms with Crippen molar-refractivity contribution in [1.29, 1.82) is 0 Å². The fraction of sp³-hybridized carbons (Fsp3) is 0.400. The lowest BCUT2D eigenvalue weighted by molar-refractivity contribution is 0.975. The number of imidazole rings is 1. The van der Waals surface area contributed by atoms with E-state index in [0.29, 0.717) is 6.04 Å². The molecule has 0 atom stereocenters. The highest BCUT2D eigenvalue weighted by Gasteiger charge is 2.23. The van der Waals surface area contributed by atoms with Crippen LogP contribution >= 0.6 is 0 Å². The molecule has 0 bridgehead atoms. The highest BCUT2D eigenvalue weighted by atomic mass is 15.2. The number of nitrogens with one attached hydrogen (secondary N) is 1. The number of benzene rings is 1. The van der Waals surface area contributed by atoms with Crippen molar-refractivity contribution in [3.05, 3.63) is 41.7 Å². The lowest BCUT2D eigenvalue weighted by Crippen LogP contribution is -2.08. The van der Waals surface area contributed by atoms with Gasteiger partial charge in [0.2, 0.25) is 5.95 Å². The summed E-state index contributed by atoms with van der Waals surface area (Å²) in [5.41, 5.74) is 3.65. The van der Waals surface area contributed by atoms with Crippen LogP contribution in [0.5, 0.6) is 0 Å². The van der Waals surface area contributed by atoms with Crippen molar-refractivity contribution in [2.75, 3.05) is 5.32 Å². The lowest BCUT2D eigenvalue weighted by atomic mass is 10.1. The summed E-state index contributed by atoms with van der Waals surface area (Å²) in [5.74, 6) is 0.982. The SMILES string of the molecule is CCc1ccccc1-n1cc(C)nc1NC1CC1. The van der Waals surface area contributed by atoms with E-state index in [-0.39, 0.29) is 0 Å². The standard InChI is InChI=1S/C15H19N3/c1-3-12-6-4-5-7-14(12)18-10-11(2)16-15(18)17-13-8-9-13/h4-7,10,13H,3,8-9H2,1-2H3,(H,16,17). The smallest absolute Gasteiger partial charge is 0.207 e. The minimum Gasteiger partial charge on any atom is -0.353 e. The molecule has 94 valence electrons. The van der Waals surface area contributed by atoms with Crippen molar-refractivity contribution in [3.8, 4) is 5.69 Å². The summed E-state index contributed by atoms with van der Waals surface area (Å²) >= 11 is 0. The Balaban J connectivity index is 2.03. The second-order valence-corrected chi connectivity index (χ2v) is 4.98. The van der Waals surface area contributed by atoms with Crippen LogP contribution < -0.4 is 5.32 Å². The van der Waals surface area contributed by atoms with Crippen molar-refractivity contribution in [3.63, 3.8) is 0 Å². The molecule has 18 heavy (non-hydrogen) atoms. The van der Waals surface area contributed by atoms with E-state index < -0.39 is 0 Å². The van der Waals surface area contributed by atoms with Crippen LogP contribution in [0.4, 0.5) is 5.95 Å². The number of aryl methyl sites for hydroxylation is 2. The monoisotopic (exact) mass is 241 g/mol. The molecule has 1 saturated carbocycles. The van der Waals surface area contributed by atoms with Crippen molar-refractivity contribution in [2.24, 2.45) is 0 Å². The van der Waals surface area contributed by atoms with Gasteiger partial charge in [0, 0.05) is 12.2 Å². The number of hydrogen-bond donors (Lipinski definition) is 1. The average Bonchev–Trinajstić information content (AvgIpc) is 3.12. The number of hydrogen-bond acceptors (Lipinski definition) is 2. The first-order chi connectivity index (χ1) is 8.78. The Labute approximate surface area is 108 Å². The van der Waals surface area contributed by atoms with Gasteiger partial charge in [0.1, 0.15) is 0 Å². The molecule has 0 aliphatic heterocycles. The summed E-state index contributed by atoms with van der Waals surface area (Å²) in [6.45, 7) is 4.24. The summed E-state index contributed by atoms with van der Waals surface area (Å²) in [6.07, 6.45) is 5.68. The molecule has 1 N–H and O–H groups in total. The topological polar surface area (TPSA) is 29.9 Å². The third-order valence-corrected chi connectivity index (χ3v) is 3.37. The fourth-order valence-electron chi connectivity index (χ4n) is 2.24. The molecule has 1 aliphatic carbocycles. The quantitative estimate of drug-likeness (QED) is 0.890. The van der Waals surface area contributed by atoms with E-state index >= 15 is 0 Å². The Hall–Kier alpha value is -1.77. The number of rotatable bonds is 4. The first kappa shape index (κ1) is 11.3. The number of nitrogens with zero attached hydrogens (tertiary/aromatic N) is 2. The first-order valence-corrected chi connectivity index (χ1v) is 6.68. The van der Waals surface area contributed by atoms with Crippen molar-refractivity contribution in [1.82, 2.24) is 9.55 Å². The maximum atomic E-state index is 4.59. The van der Waals surface area contributed by atoms with E-state index in [1.807, 2.05) is 6.92 Å². The molecule has 0 amide bonds. The molecule has 1 aliphatic rings. The second kappa shape index (κ2) is 4.48. The van der Waals surface area contributed by atoms with Gasteiger partial charge in [0.25, 0.3) is 0 Å². The van der Waals surface area contributed by atoms with Crippen molar-refractivity contribution >= 4 is 5.95 Å². The predicted molar refractivity (Wildman–Crippen MR) is 74.3 cm³/mol. The van der Waals surface area contributed by atoms with Crippen LogP contribution in [0, 0.1) is 6.92 Å². The third kappa shape index (κ3) is 2.13. The summed E-state index contributed by atoms with van der Waals surface area (Å²) in [5, 5.41) is 3.51. The normalized spacial score (nSPS) is 14.8. The second-order valence-electron chi connectivity index (χ2n) is 4.98. The molecular weight excluding hydrogens is 222 g/mol. The third-order valence-electron chi connectivity index (χ3n) is 3.37. The lowest BCUT2D eigenvalue weighted by Gasteiger charge is -2.12. The Morgan fingerprint density at radius 3 is 2.83 bits per heavy atom. The fourth-order valence-corrected chi connectivity index (χ4v) is 2.24. The largest absolute Gasteiger partial charge is 0.353 e. The summed E-state index contributed by atoms with van der Waals surface area (Å²) in [6, 6.07) is 9.16. The van der Waals surface area contributed by atoms with E-state index in [1.165, 1.54) is 24.1 Å². The van der Waals surface area contributed by atoms with Gasteiger partial charge in [-0.15, -0.1) is 0 Å². The highest BCUT2D eigenvalue weighted by Crippen LogP contribution is 2.27. The van der Waals surface area contributed by atoms with Crippen LogP contribution in [0.15, 0.2) is 30.5 Å². The summed E-state index contributed by atoms with van der Waals surface area (Å²) < 4.78 is 2.19. The van der Waals surface area contributed by atoms with E-state index in [4.69, 9.17) is 0 Å². The van der Waals surface area contributed by atoms with Gasteiger partial charge in [0.05, 0.1) is 11.4 Å². The number of para-hydroxylation sites is 1. The van der Waals surface area contributed by atoms with Gasteiger partial charge in [-0.05, 0) is 37.8 Å². The minimum atomic E-state index is 0.624.